The zero-order chi connectivity index (χ0) is 12.6. The van der Waals surface area contributed by atoms with E-state index in [4.69, 9.17) is 0 Å². The maximum atomic E-state index is 2.47. The molecule has 0 unspecified atom stereocenters. The van der Waals surface area contributed by atoms with Crippen LogP contribution in [0.3, 0.4) is 0 Å². The number of anilines is 1. The summed E-state index contributed by atoms with van der Waals surface area (Å²) in [6.45, 7) is 12.0. The van der Waals surface area contributed by atoms with Gasteiger partial charge in [0.15, 0.2) is 0 Å². The Hall–Kier alpha value is -0.763. The lowest BCUT2D eigenvalue weighted by Crippen LogP contribution is -2.50. The monoisotopic (exact) mass is 235 g/mol. The lowest BCUT2D eigenvalue weighted by Gasteiger charge is -2.39. The van der Waals surface area contributed by atoms with Crippen molar-refractivity contribution in [2.75, 3.05) is 19.0 Å². The Labute approximate surface area is 101 Å². The van der Waals surface area contributed by atoms with Crippen LogP contribution in [0.4, 0.5) is 5.69 Å². The smallest absolute Gasteiger partial charge is 0.0886 e. The molecule has 0 bridgehead atoms. The van der Waals surface area contributed by atoms with E-state index in [-0.39, 0.29) is 0 Å². The summed E-state index contributed by atoms with van der Waals surface area (Å²) < 4.78 is 0. The molecule has 0 saturated heterocycles. The fourth-order valence-electron chi connectivity index (χ4n) is 1.80. The van der Waals surface area contributed by atoms with Crippen molar-refractivity contribution in [3.05, 3.63) is 24.3 Å². The van der Waals surface area contributed by atoms with Gasteiger partial charge in [-0.15, -0.1) is 0 Å². The van der Waals surface area contributed by atoms with Crippen LogP contribution in [0.5, 0.6) is 0 Å². The van der Waals surface area contributed by atoms with Crippen LogP contribution in [0.2, 0.25) is 18.1 Å². The zero-order valence-electron chi connectivity index (χ0n) is 11.8. The zero-order valence-corrected chi connectivity index (χ0v) is 12.8. The van der Waals surface area contributed by atoms with E-state index in [9.17, 15) is 0 Å². The molecular formula is C14H25NSi. The first-order chi connectivity index (χ1) is 7.18. The second kappa shape index (κ2) is 4.25. The Morgan fingerprint density at radius 1 is 1.00 bits per heavy atom. The summed E-state index contributed by atoms with van der Waals surface area (Å²) >= 11 is 0. The standard InChI is InChI=1S/C14H25NSi/c1-14(2,3)16(6,7)13-11-9-8-10-12(13)15(4)5/h8-11H,1-7H3. The van der Waals surface area contributed by atoms with Crippen molar-refractivity contribution in [2.45, 2.75) is 38.9 Å². The second-order valence-electron chi connectivity index (χ2n) is 6.29. The summed E-state index contributed by atoms with van der Waals surface area (Å²) in [5.41, 5.74) is 1.38. The molecule has 1 aromatic rings. The molecule has 16 heavy (non-hydrogen) atoms. The molecule has 90 valence electrons. The van der Waals surface area contributed by atoms with Crippen molar-refractivity contribution in [1.82, 2.24) is 0 Å². The van der Waals surface area contributed by atoms with Crippen molar-refractivity contribution in [2.24, 2.45) is 0 Å². The van der Waals surface area contributed by atoms with Gasteiger partial charge in [0.2, 0.25) is 0 Å². The molecule has 0 atom stereocenters. The largest absolute Gasteiger partial charge is 0.378 e. The topological polar surface area (TPSA) is 3.24 Å². The van der Waals surface area contributed by atoms with Crippen LogP contribution in [-0.2, 0) is 0 Å². The minimum absolute atomic E-state index is 0.388. The maximum Gasteiger partial charge on any atom is 0.0886 e. The molecule has 1 nitrogen and oxygen atoms in total. The third kappa shape index (κ3) is 2.32. The molecule has 0 aliphatic heterocycles. The first kappa shape index (κ1) is 13.3. The number of hydrogen-bond donors (Lipinski definition) is 0. The van der Waals surface area contributed by atoms with Gasteiger partial charge >= 0.3 is 0 Å². The quantitative estimate of drug-likeness (QED) is 0.710. The average molecular weight is 235 g/mol. The Morgan fingerprint density at radius 2 is 1.50 bits per heavy atom. The lowest BCUT2D eigenvalue weighted by atomic mass is 10.2. The highest BCUT2D eigenvalue weighted by Gasteiger charge is 2.38. The van der Waals surface area contributed by atoms with Crippen LogP contribution in [-0.4, -0.2) is 22.2 Å². The SMILES string of the molecule is CN(C)c1ccccc1[Si](C)(C)C(C)(C)C. The van der Waals surface area contributed by atoms with Crippen molar-refractivity contribution < 1.29 is 0 Å². The van der Waals surface area contributed by atoms with E-state index in [1.807, 2.05) is 0 Å². The van der Waals surface area contributed by atoms with Gasteiger partial charge in [-0.05, 0) is 16.3 Å². The highest BCUT2D eigenvalue weighted by atomic mass is 28.3. The van der Waals surface area contributed by atoms with E-state index < -0.39 is 8.07 Å². The van der Waals surface area contributed by atoms with Gasteiger partial charge in [-0.2, -0.15) is 0 Å². The molecular weight excluding hydrogens is 210 g/mol. The molecule has 0 N–H and O–H groups in total. The van der Waals surface area contributed by atoms with Crippen molar-refractivity contribution in [1.29, 1.82) is 0 Å². The molecule has 0 aromatic heterocycles. The van der Waals surface area contributed by atoms with Gasteiger partial charge in [-0.3, -0.25) is 0 Å². The van der Waals surface area contributed by atoms with Crippen LogP contribution in [0, 0.1) is 0 Å². The minimum atomic E-state index is -1.43. The van der Waals surface area contributed by atoms with Crippen LogP contribution in [0.1, 0.15) is 20.8 Å². The van der Waals surface area contributed by atoms with E-state index in [1.165, 1.54) is 5.69 Å². The van der Waals surface area contributed by atoms with Gasteiger partial charge < -0.3 is 4.90 Å². The van der Waals surface area contributed by atoms with E-state index in [0.29, 0.717) is 5.04 Å². The lowest BCUT2D eigenvalue weighted by molar-refractivity contribution is 0.729. The van der Waals surface area contributed by atoms with Gasteiger partial charge in [0, 0.05) is 19.8 Å². The summed E-state index contributed by atoms with van der Waals surface area (Å²) in [7, 11) is 2.83. The molecule has 0 amide bonds. The molecule has 1 aromatic carbocycles. The van der Waals surface area contributed by atoms with E-state index in [2.05, 4.69) is 77.1 Å². The number of nitrogens with zero attached hydrogens (tertiary/aromatic N) is 1. The normalized spacial score (nSPS) is 12.7. The van der Waals surface area contributed by atoms with Crippen LogP contribution in [0.15, 0.2) is 24.3 Å². The predicted molar refractivity (Wildman–Crippen MR) is 77.6 cm³/mol. The summed E-state index contributed by atoms with van der Waals surface area (Å²) in [5, 5.41) is 1.95. The number of rotatable bonds is 2. The van der Waals surface area contributed by atoms with Gasteiger partial charge in [-0.1, -0.05) is 52.1 Å². The molecule has 0 aliphatic rings. The van der Waals surface area contributed by atoms with Crippen molar-refractivity contribution in [3.8, 4) is 0 Å². The second-order valence-corrected chi connectivity index (χ2v) is 11.6. The van der Waals surface area contributed by atoms with E-state index in [1.54, 1.807) is 5.19 Å². The highest BCUT2D eigenvalue weighted by molar-refractivity contribution is 6.93. The van der Waals surface area contributed by atoms with Crippen molar-refractivity contribution in [3.63, 3.8) is 0 Å². The van der Waals surface area contributed by atoms with E-state index >= 15 is 0 Å². The average Bonchev–Trinajstić information content (AvgIpc) is 2.16. The summed E-state index contributed by atoms with van der Waals surface area (Å²) in [4.78, 5) is 2.23. The summed E-state index contributed by atoms with van der Waals surface area (Å²) in [6.07, 6.45) is 0. The van der Waals surface area contributed by atoms with Crippen LogP contribution < -0.4 is 10.1 Å². The van der Waals surface area contributed by atoms with Gasteiger partial charge in [0.25, 0.3) is 0 Å². The first-order valence-corrected chi connectivity index (χ1v) is 8.95. The number of benzene rings is 1. The fourth-order valence-corrected chi connectivity index (χ4v) is 4.06. The molecule has 1 rings (SSSR count). The molecule has 0 saturated carbocycles. The number of para-hydroxylation sites is 1. The van der Waals surface area contributed by atoms with Gasteiger partial charge in [0.05, 0.1) is 8.07 Å². The Bertz CT molecular complexity index is 361. The third-order valence-electron chi connectivity index (χ3n) is 3.93. The molecule has 2 heteroatoms. The summed E-state index contributed by atoms with van der Waals surface area (Å²) in [5.74, 6) is 0. The third-order valence-corrected chi connectivity index (χ3v) is 9.45. The molecule has 0 spiro atoms. The molecule has 0 heterocycles. The van der Waals surface area contributed by atoms with E-state index in [0.717, 1.165) is 0 Å². The Morgan fingerprint density at radius 3 is 1.94 bits per heavy atom. The Kier molecular flexibility index (Phi) is 3.53. The van der Waals surface area contributed by atoms with Gasteiger partial charge in [-0.25, -0.2) is 0 Å². The minimum Gasteiger partial charge on any atom is -0.378 e. The van der Waals surface area contributed by atoms with Crippen LogP contribution >= 0.6 is 0 Å². The maximum absolute atomic E-state index is 2.47. The Balaban J connectivity index is 3.33. The van der Waals surface area contributed by atoms with Crippen LogP contribution in [0.25, 0.3) is 0 Å². The fraction of sp³-hybridized carbons (Fsp3) is 0.571. The highest BCUT2D eigenvalue weighted by Crippen LogP contribution is 2.37. The molecule has 0 radical (unpaired) electrons. The summed E-state index contributed by atoms with van der Waals surface area (Å²) in [6, 6.07) is 8.84. The van der Waals surface area contributed by atoms with Crippen molar-refractivity contribution >= 4 is 18.9 Å². The van der Waals surface area contributed by atoms with Gasteiger partial charge in [0.1, 0.15) is 0 Å². The molecule has 0 aliphatic carbocycles. The molecule has 0 fully saturated rings. The first-order valence-electron chi connectivity index (χ1n) is 5.95. The number of hydrogen-bond acceptors (Lipinski definition) is 1. The predicted octanol–water partition coefficient (Wildman–Crippen LogP) is 3.47.